The summed E-state index contributed by atoms with van der Waals surface area (Å²) in [6.07, 6.45) is -0.820. The largest absolute Gasteiger partial charge is 0.481 e. The first-order valence-corrected chi connectivity index (χ1v) is 8.73. The molecule has 0 rings (SSSR count). The lowest BCUT2D eigenvalue weighted by molar-refractivity contribution is -0.142. The SMILES string of the molecule is CCCNC(=O)CCP(=O)(O)CC(CCC(=O)O)C(=O)O. The molecule has 0 aliphatic rings. The maximum atomic E-state index is 11.9. The van der Waals surface area contributed by atoms with Gasteiger partial charge in [-0.2, -0.15) is 0 Å². The topological polar surface area (TPSA) is 141 Å². The molecule has 0 aromatic heterocycles. The van der Waals surface area contributed by atoms with E-state index in [1.54, 1.807) is 0 Å². The Labute approximate surface area is 123 Å². The van der Waals surface area contributed by atoms with Crippen molar-refractivity contribution in [3.63, 3.8) is 0 Å². The molecule has 21 heavy (non-hydrogen) atoms. The second-order valence-corrected chi connectivity index (χ2v) is 7.32. The molecule has 0 saturated carbocycles. The molecule has 0 aromatic rings. The van der Waals surface area contributed by atoms with Crippen LogP contribution in [0.15, 0.2) is 0 Å². The molecule has 0 aromatic carbocycles. The van der Waals surface area contributed by atoms with Crippen molar-refractivity contribution in [2.75, 3.05) is 18.9 Å². The fourth-order valence-electron chi connectivity index (χ4n) is 1.66. The van der Waals surface area contributed by atoms with E-state index < -0.39 is 31.4 Å². The minimum absolute atomic E-state index is 0.154. The van der Waals surface area contributed by atoms with E-state index in [1.807, 2.05) is 6.92 Å². The zero-order valence-electron chi connectivity index (χ0n) is 11.9. The standard InChI is InChI=1S/C12H22NO7P/c1-2-6-13-10(14)5-7-21(19,20)8-9(12(17)18)3-4-11(15)16/h9H,2-8H2,1H3,(H,13,14)(H,15,16)(H,17,18)(H,19,20). The Morgan fingerprint density at radius 1 is 1.19 bits per heavy atom. The number of carboxylic acids is 2. The van der Waals surface area contributed by atoms with E-state index in [-0.39, 0.29) is 31.3 Å². The Morgan fingerprint density at radius 2 is 1.81 bits per heavy atom. The molecule has 0 bridgehead atoms. The minimum atomic E-state index is -3.78. The highest BCUT2D eigenvalue weighted by atomic mass is 31.2. The summed E-state index contributed by atoms with van der Waals surface area (Å²) in [6, 6.07) is 0. The minimum Gasteiger partial charge on any atom is -0.481 e. The van der Waals surface area contributed by atoms with Crippen molar-refractivity contribution < 1.29 is 34.1 Å². The molecule has 9 heteroatoms. The van der Waals surface area contributed by atoms with Crippen molar-refractivity contribution in [3.8, 4) is 0 Å². The molecule has 0 fully saturated rings. The molecule has 0 saturated heterocycles. The van der Waals surface area contributed by atoms with Crippen LogP contribution in [-0.2, 0) is 18.9 Å². The van der Waals surface area contributed by atoms with Crippen LogP contribution in [-0.4, -0.2) is 51.8 Å². The first-order valence-electron chi connectivity index (χ1n) is 6.70. The first kappa shape index (κ1) is 19.6. The van der Waals surface area contributed by atoms with Gasteiger partial charge in [-0.15, -0.1) is 0 Å². The highest BCUT2D eigenvalue weighted by Crippen LogP contribution is 2.43. The van der Waals surface area contributed by atoms with Gasteiger partial charge in [0, 0.05) is 31.7 Å². The maximum absolute atomic E-state index is 11.9. The van der Waals surface area contributed by atoms with Crippen LogP contribution < -0.4 is 5.32 Å². The molecule has 1 amide bonds. The van der Waals surface area contributed by atoms with E-state index in [0.29, 0.717) is 6.54 Å². The molecule has 4 N–H and O–H groups in total. The summed E-state index contributed by atoms with van der Waals surface area (Å²) in [5.41, 5.74) is 0. The third-order valence-electron chi connectivity index (χ3n) is 2.82. The number of nitrogens with one attached hydrogen (secondary N) is 1. The van der Waals surface area contributed by atoms with Crippen LogP contribution in [0, 0.1) is 5.92 Å². The van der Waals surface area contributed by atoms with Gasteiger partial charge in [-0.3, -0.25) is 18.9 Å². The summed E-state index contributed by atoms with van der Waals surface area (Å²) >= 11 is 0. The lowest BCUT2D eigenvalue weighted by Gasteiger charge is -2.16. The Balaban J connectivity index is 4.39. The molecule has 0 radical (unpaired) electrons. The smallest absolute Gasteiger partial charge is 0.307 e. The van der Waals surface area contributed by atoms with Crippen LogP contribution in [0.5, 0.6) is 0 Å². The fourth-order valence-corrected chi connectivity index (χ4v) is 3.42. The predicted octanol–water partition coefficient (Wildman–Crippen LogP) is 0.739. The number of rotatable bonds is 11. The number of amides is 1. The Hall–Kier alpha value is -1.40. The normalized spacial score (nSPS) is 15.0. The monoisotopic (exact) mass is 323 g/mol. The summed E-state index contributed by atoms with van der Waals surface area (Å²) < 4.78 is 11.9. The molecule has 8 nitrogen and oxygen atoms in total. The van der Waals surface area contributed by atoms with Gasteiger partial charge >= 0.3 is 11.9 Å². The first-order chi connectivity index (χ1) is 9.68. The highest BCUT2D eigenvalue weighted by molar-refractivity contribution is 7.58. The molecule has 0 aliphatic heterocycles. The van der Waals surface area contributed by atoms with Gasteiger partial charge in [0.1, 0.15) is 0 Å². The number of carbonyl (C=O) groups is 3. The number of aliphatic carboxylic acids is 2. The van der Waals surface area contributed by atoms with Crippen molar-refractivity contribution in [1.82, 2.24) is 5.32 Å². The van der Waals surface area contributed by atoms with E-state index in [9.17, 15) is 23.8 Å². The van der Waals surface area contributed by atoms with Crippen LogP contribution in [0.2, 0.25) is 0 Å². The number of carboxylic acid groups (broad SMARTS) is 2. The molecule has 0 heterocycles. The van der Waals surface area contributed by atoms with Crippen LogP contribution in [0.3, 0.4) is 0 Å². The van der Waals surface area contributed by atoms with Gasteiger partial charge in [-0.05, 0) is 12.8 Å². The van der Waals surface area contributed by atoms with Crippen molar-refractivity contribution in [3.05, 3.63) is 0 Å². The Bertz CT molecular complexity index is 424. The van der Waals surface area contributed by atoms with Gasteiger partial charge < -0.3 is 20.4 Å². The third kappa shape index (κ3) is 10.0. The molecule has 2 unspecified atom stereocenters. The van der Waals surface area contributed by atoms with Gasteiger partial charge in [0.15, 0.2) is 0 Å². The number of hydrogen-bond acceptors (Lipinski definition) is 4. The molecular formula is C12H22NO7P. The average Bonchev–Trinajstić information content (AvgIpc) is 2.38. The molecule has 122 valence electrons. The summed E-state index contributed by atoms with van der Waals surface area (Å²) in [6.45, 7) is 2.35. The van der Waals surface area contributed by atoms with E-state index >= 15 is 0 Å². The lowest BCUT2D eigenvalue weighted by atomic mass is 10.1. The summed E-state index contributed by atoms with van der Waals surface area (Å²) in [4.78, 5) is 42.5. The zero-order valence-corrected chi connectivity index (χ0v) is 12.8. The van der Waals surface area contributed by atoms with Gasteiger partial charge in [-0.1, -0.05) is 6.92 Å². The molecule has 0 spiro atoms. The van der Waals surface area contributed by atoms with Crippen molar-refractivity contribution >= 4 is 25.2 Å². The third-order valence-corrected chi connectivity index (χ3v) is 4.76. The van der Waals surface area contributed by atoms with Gasteiger partial charge in [-0.25, -0.2) is 0 Å². The lowest BCUT2D eigenvalue weighted by Crippen LogP contribution is -2.25. The van der Waals surface area contributed by atoms with Crippen molar-refractivity contribution in [1.29, 1.82) is 0 Å². The van der Waals surface area contributed by atoms with Gasteiger partial charge in [0.05, 0.1) is 5.92 Å². The Morgan fingerprint density at radius 3 is 2.29 bits per heavy atom. The van der Waals surface area contributed by atoms with Crippen LogP contribution in [0.1, 0.15) is 32.6 Å². The number of carbonyl (C=O) groups excluding carboxylic acids is 1. The summed E-state index contributed by atoms with van der Waals surface area (Å²) in [7, 11) is -3.78. The van der Waals surface area contributed by atoms with E-state index in [2.05, 4.69) is 5.32 Å². The number of hydrogen-bond donors (Lipinski definition) is 4. The van der Waals surface area contributed by atoms with Crippen molar-refractivity contribution in [2.24, 2.45) is 5.92 Å². The van der Waals surface area contributed by atoms with Crippen LogP contribution >= 0.6 is 7.37 Å². The second kappa shape index (κ2) is 9.52. The van der Waals surface area contributed by atoms with Gasteiger partial charge in [0.2, 0.25) is 13.3 Å². The quantitative estimate of drug-likeness (QED) is 0.411. The second-order valence-electron chi connectivity index (χ2n) is 4.82. The zero-order chi connectivity index (χ0) is 16.5. The molecule has 0 aliphatic carbocycles. The highest BCUT2D eigenvalue weighted by Gasteiger charge is 2.29. The van der Waals surface area contributed by atoms with Crippen molar-refractivity contribution in [2.45, 2.75) is 32.6 Å². The molecule has 2 atom stereocenters. The summed E-state index contributed by atoms with van der Waals surface area (Å²) in [5.74, 6) is -4.02. The van der Waals surface area contributed by atoms with E-state index in [1.165, 1.54) is 0 Å². The van der Waals surface area contributed by atoms with Crippen LogP contribution in [0.4, 0.5) is 0 Å². The Kier molecular flexibility index (Phi) is 8.89. The fraction of sp³-hybridized carbons (Fsp3) is 0.750. The predicted molar refractivity (Wildman–Crippen MR) is 75.5 cm³/mol. The van der Waals surface area contributed by atoms with E-state index in [0.717, 1.165) is 6.42 Å². The molecular weight excluding hydrogens is 301 g/mol. The van der Waals surface area contributed by atoms with Crippen LogP contribution in [0.25, 0.3) is 0 Å². The van der Waals surface area contributed by atoms with Gasteiger partial charge in [0.25, 0.3) is 0 Å². The van der Waals surface area contributed by atoms with E-state index in [4.69, 9.17) is 10.2 Å². The summed E-state index contributed by atoms with van der Waals surface area (Å²) in [5, 5.41) is 20.0. The average molecular weight is 323 g/mol. The maximum Gasteiger partial charge on any atom is 0.307 e.